The number of hydrogen-bond acceptors (Lipinski definition) is 2. The van der Waals surface area contributed by atoms with Crippen LogP contribution >= 0.6 is 11.6 Å². The zero-order valence-electron chi connectivity index (χ0n) is 7.69. The monoisotopic (exact) mass is 214 g/mol. The van der Waals surface area contributed by atoms with Crippen molar-refractivity contribution in [1.29, 1.82) is 0 Å². The van der Waals surface area contributed by atoms with Gasteiger partial charge in [-0.25, -0.2) is 4.39 Å². The first-order valence-corrected chi connectivity index (χ1v) is 5.01. The van der Waals surface area contributed by atoms with Crippen LogP contribution in [-0.4, -0.2) is 19.1 Å². The summed E-state index contributed by atoms with van der Waals surface area (Å²) in [5, 5.41) is 6.65. The van der Waals surface area contributed by atoms with E-state index in [4.69, 9.17) is 11.6 Å². The molecule has 0 aliphatic carbocycles. The van der Waals surface area contributed by atoms with Gasteiger partial charge < -0.3 is 10.6 Å². The second-order valence-electron chi connectivity index (χ2n) is 3.48. The highest BCUT2D eigenvalue weighted by Gasteiger charge is 2.15. The molecule has 0 spiro atoms. The molecule has 1 fully saturated rings. The van der Waals surface area contributed by atoms with Gasteiger partial charge in [0.05, 0.1) is 5.02 Å². The Morgan fingerprint density at radius 1 is 1.50 bits per heavy atom. The summed E-state index contributed by atoms with van der Waals surface area (Å²) in [5.41, 5.74) is 0.929. The molecule has 1 aliphatic heterocycles. The van der Waals surface area contributed by atoms with Crippen molar-refractivity contribution in [2.45, 2.75) is 12.6 Å². The molecule has 1 aliphatic rings. The van der Waals surface area contributed by atoms with E-state index in [0.717, 1.165) is 18.7 Å². The highest BCUT2D eigenvalue weighted by Crippen LogP contribution is 2.15. The van der Waals surface area contributed by atoms with Crippen LogP contribution in [-0.2, 0) is 6.54 Å². The first kappa shape index (κ1) is 9.90. The van der Waals surface area contributed by atoms with Crippen molar-refractivity contribution < 1.29 is 4.39 Å². The molecule has 0 bridgehead atoms. The van der Waals surface area contributed by atoms with Gasteiger partial charge in [-0.2, -0.15) is 0 Å². The number of hydrogen-bond donors (Lipinski definition) is 2. The number of nitrogens with one attached hydrogen (secondary N) is 2. The Kier molecular flexibility index (Phi) is 3.01. The van der Waals surface area contributed by atoms with E-state index < -0.39 is 0 Å². The summed E-state index contributed by atoms with van der Waals surface area (Å²) >= 11 is 5.58. The van der Waals surface area contributed by atoms with Crippen molar-refractivity contribution in [1.82, 2.24) is 10.6 Å². The fourth-order valence-corrected chi connectivity index (χ4v) is 1.46. The summed E-state index contributed by atoms with van der Waals surface area (Å²) in [6.45, 7) is 2.69. The predicted octanol–water partition coefficient (Wildman–Crippen LogP) is 1.54. The Morgan fingerprint density at radius 3 is 2.86 bits per heavy atom. The molecule has 0 saturated carbocycles. The average molecular weight is 215 g/mol. The summed E-state index contributed by atoms with van der Waals surface area (Å²) in [5.74, 6) is -0.349. The molecule has 0 unspecified atom stereocenters. The van der Waals surface area contributed by atoms with Crippen molar-refractivity contribution in [2.75, 3.05) is 13.1 Å². The molecule has 0 atom stereocenters. The normalized spacial score (nSPS) is 16.7. The lowest BCUT2D eigenvalue weighted by Gasteiger charge is -2.28. The highest BCUT2D eigenvalue weighted by atomic mass is 35.5. The second kappa shape index (κ2) is 4.26. The van der Waals surface area contributed by atoms with Gasteiger partial charge in [-0.3, -0.25) is 0 Å². The van der Waals surface area contributed by atoms with Crippen LogP contribution in [0, 0.1) is 5.82 Å². The number of rotatable bonds is 3. The third kappa shape index (κ3) is 2.23. The van der Waals surface area contributed by atoms with Crippen LogP contribution in [0.2, 0.25) is 5.02 Å². The minimum absolute atomic E-state index is 0.180. The SMILES string of the molecule is Fc1cc(CNC2CNC2)ccc1Cl. The zero-order chi connectivity index (χ0) is 9.97. The third-order valence-corrected chi connectivity index (χ3v) is 2.67. The Morgan fingerprint density at radius 2 is 2.29 bits per heavy atom. The minimum atomic E-state index is -0.349. The maximum absolute atomic E-state index is 13.0. The second-order valence-corrected chi connectivity index (χ2v) is 3.89. The molecule has 2 rings (SSSR count). The van der Waals surface area contributed by atoms with Crippen molar-refractivity contribution in [3.63, 3.8) is 0 Å². The van der Waals surface area contributed by atoms with E-state index in [9.17, 15) is 4.39 Å². The van der Waals surface area contributed by atoms with Gasteiger partial charge in [0, 0.05) is 25.7 Å². The molecule has 2 N–H and O–H groups in total. The predicted molar refractivity (Wildman–Crippen MR) is 54.9 cm³/mol. The Balaban J connectivity index is 1.91. The molecular weight excluding hydrogens is 203 g/mol. The van der Waals surface area contributed by atoms with Crippen LogP contribution < -0.4 is 10.6 Å². The molecule has 0 radical (unpaired) electrons. The van der Waals surface area contributed by atoms with Crippen LogP contribution in [0.4, 0.5) is 4.39 Å². The molecule has 1 heterocycles. The van der Waals surface area contributed by atoms with Crippen LogP contribution in [0.1, 0.15) is 5.56 Å². The molecule has 2 nitrogen and oxygen atoms in total. The van der Waals surface area contributed by atoms with E-state index in [1.54, 1.807) is 6.07 Å². The fraction of sp³-hybridized carbons (Fsp3) is 0.400. The zero-order valence-corrected chi connectivity index (χ0v) is 8.44. The molecule has 1 aromatic rings. The molecule has 0 aromatic heterocycles. The summed E-state index contributed by atoms with van der Waals surface area (Å²) < 4.78 is 13.0. The largest absolute Gasteiger partial charge is 0.314 e. The van der Waals surface area contributed by atoms with Crippen molar-refractivity contribution in [2.24, 2.45) is 0 Å². The summed E-state index contributed by atoms with van der Waals surface area (Å²) in [6, 6.07) is 5.42. The lowest BCUT2D eigenvalue weighted by molar-refractivity contribution is 0.365. The van der Waals surface area contributed by atoms with E-state index >= 15 is 0 Å². The quantitative estimate of drug-likeness (QED) is 0.798. The molecule has 1 saturated heterocycles. The van der Waals surface area contributed by atoms with Gasteiger partial charge in [-0.15, -0.1) is 0 Å². The summed E-state index contributed by atoms with van der Waals surface area (Å²) in [7, 11) is 0. The maximum Gasteiger partial charge on any atom is 0.142 e. The van der Waals surface area contributed by atoms with Crippen molar-refractivity contribution >= 4 is 11.6 Å². The fourth-order valence-electron chi connectivity index (χ4n) is 1.34. The topological polar surface area (TPSA) is 24.1 Å². The highest BCUT2D eigenvalue weighted by molar-refractivity contribution is 6.30. The molecule has 14 heavy (non-hydrogen) atoms. The van der Waals surface area contributed by atoms with Gasteiger partial charge in [0.1, 0.15) is 5.82 Å². The standard InChI is InChI=1S/C10H12ClFN2/c11-9-2-1-7(3-10(9)12)4-14-8-5-13-6-8/h1-3,8,13-14H,4-6H2. The van der Waals surface area contributed by atoms with E-state index in [1.165, 1.54) is 6.07 Å². The molecule has 1 aromatic carbocycles. The summed E-state index contributed by atoms with van der Waals surface area (Å²) in [6.07, 6.45) is 0. The maximum atomic E-state index is 13.0. The van der Waals surface area contributed by atoms with Gasteiger partial charge >= 0.3 is 0 Å². The lowest BCUT2D eigenvalue weighted by Crippen LogP contribution is -2.54. The Hall–Kier alpha value is -0.640. The first-order chi connectivity index (χ1) is 6.75. The molecular formula is C10H12ClFN2. The average Bonchev–Trinajstić information content (AvgIpc) is 2.08. The number of halogens is 2. The Bertz CT molecular complexity index is 326. The van der Waals surface area contributed by atoms with Crippen LogP contribution in [0.3, 0.4) is 0 Å². The lowest BCUT2D eigenvalue weighted by atomic mass is 10.1. The van der Waals surface area contributed by atoms with Gasteiger partial charge in [0.2, 0.25) is 0 Å². The van der Waals surface area contributed by atoms with Gasteiger partial charge in [0.25, 0.3) is 0 Å². The minimum Gasteiger partial charge on any atom is -0.314 e. The summed E-state index contributed by atoms with van der Waals surface area (Å²) in [4.78, 5) is 0. The first-order valence-electron chi connectivity index (χ1n) is 4.64. The van der Waals surface area contributed by atoms with E-state index in [1.807, 2.05) is 6.07 Å². The third-order valence-electron chi connectivity index (χ3n) is 2.36. The molecule has 4 heteroatoms. The van der Waals surface area contributed by atoms with E-state index in [-0.39, 0.29) is 10.8 Å². The smallest absolute Gasteiger partial charge is 0.142 e. The number of benzene rings is 1. The molecule has 76 valence electrons. The van der Waals surface area contributed by atoms with E-state index in [0.29, 0.717) is 12.6 Å². The van der Waals surface area contributed by atoms with Crippen LogP contribution in [0.25, 0.3) is 0 Å². The van der Waals surface area contributed by atoms with Crippen LogP contribution in [0.15, 0.2) is 18.2 Å². The molecule has 0 amide bonds. The van der Waals surface area contributed by atoms with Crippen molar-refractivity contribution in [3.05, 3.63) is 34.6 Å². The van der Waals surface area contributed by atoms with Crippen LogP contribution in [0.5, 0.6) is 0 Å². The van der Waals surface area contributed by atoms with Gasteiger partial charge in [-0.1, -0.05) is 17.7 Å². The van der Waals surface area contributed by atoms with Crippen molar-refractivity contribution in [3.8, 4) is 0 Å². The Labute approximate surface area is 87.5 Å². The van der Waals surface area contributed by atoms with Gasteiger partial charge in [0.15, 0.2) is 0 Å². The van der Waals surface area contributed by atoms with Gasteiger partial charge in [-0.05, 0) is 17.7 Å². The van der Waals surface area contributed by atoms with E-state index in [2.05, 4.69) is 10.6 Å².